The monoisotopic (exact) mass is 277 g/mol. The van der Waals surface area contributed by atoms with E-state index in [4.69, 9.17) is 5.10 Å². The van der Waals surface area contributed by atoms with Crippen LogP contribution in [0, 0.1) is 5.92 Å². The summed E-state index contributed by atoms with van der Waals surface area (Å²) in [4.78, 5) is 0. The van der Waals surface area contributed by atoms with Gasteiger partial charge in [-0.15, -0.1) is 0 Å². The van der Waals surface area contributed by atoms with Crippen LogP contribution in [-0.4, -0.2) is 22.4 Å². The Labute approximate surface area is 124 Å². The minimum absolute atomic E-state index is 0.511. The van der Waals surface area contributed by atoms with Crippen molar-refractivity contribution in [3.63, 3.8) is 0 Å². The summed E-state index contributed by atoms with van der Waals surface area (Å²) in [5.74, 6) is 0.857. The Bertz CT molecular complexity index is 379. The molecule has 1 aromatic heterocycles. The zero-order valence-electron chi connectivity index (χ0n) is 13.4. The van der Waals surface area contributed by atoms with Gasteiger partial charge in [0.15, 0.2) is 0 Å². The molecular formula is C17H31N3. The van der Waals surface area contributed by atoms with Gasteiger partial charge in [0, 0.05) is 24.7 Å². The zero-order valence-corrected chi connectivity index (χ0v) is 13.4. The minimum atomic E-state index is 0.511. The molecule has 1 aliphatic rings. The minimum Gasteiger partial charge on any atom is -0.313 e. The van der Waals surface area contributed by atoms with E-state index in [0.29, 0.717) is 12.1 Å². The van der Waals surface area contributed by atoms with Crippen LogP contribution in [0.4, 0.5) is 0 Å². The van der Waals surface area contributed by atoms with E-state index in [1.165, 1.54) is 37.8 Å². The molecule has 0 radical (unpaired) electrons. The Morgan fingerprint density at radius 1 is 1.35 bits per heavy atom. The molecule has 1 fully saturated rings. The summed E-state index contributed by atoms with van der Waals surface area (Å²) in [6, 6.07) is 3.34. The molecule has 0 spiro atoms. The standard InChI is InChI=1S/C17H31N3/c1-4-11-18-17(15-8-6-7-9-15)13-16-10-12-20(19-16)14(3)5-2/h10,12,14-15,17-18H,4-9,11,13H2,1-3H3. The van der Waals surface area contributed by atoms with Crippen LogP contribution in [-0.2, 0) is 6.42 Å². The maximum atomic E-state index is 4.78. The van der Waals surface area contributed by atoms with Gasteiger partial charge in [0.2, 0.25) is 0 Å². The van der Waals surface area contributed by atoms with Crippen LogP contribution >= 0.6 is 0 Å². The lowest BCUT2D eigenvalue weighted by molar-refractivity contribution is 0.352. The topological polar surface area (TPSA) is 29.9 Å². The summed E-state index contributed by atoms with van der Waals surface area (Å²) < 4.78 is 2.13. The van der Waals surface area contributed by atoms with E-state index in [-0.39, 0.29) is 0 Å². The predicted octanol–water partition coefficient (Wildman–Crippen LogP) is 3.96. The maximum absolute atomic E-state index is 4.78. The quantitative estimate of drug-likeness (QED) is 0.779. The molecule has 0 amide bonds. The van der Waals surface area contributed by atoms with E-state index in [0.717, 1.165) is 25.3 Å². The summed E-state index contributed by atoms with van der Waals surface area (Å²) >= 11 is 0. The first-order valence-corrected chi connectivity index (χ1v) is 8.52. The summed E-state index contributed by atoms with van der Waals surface area (Å²) in [5.41, 5.74) is 1.26. The summed E-state index contributed by atoms with van der Waals surface area (Å²) in [7, 11) is 0. The van der Waals surface area contributed by atoms with Gasteiger partial charge in [-0.2, -0.15) is 5.10 Å². The molecule has 1 aromatic rings. The first-order valence-electron chi connectivity index (χ1n) is 8.52. The third-order valence-electron chi connectivity index (χ3n) is 4.76. The van der Waals surface area contributed by atoms with Crippen LogP contribution in [0.15, 0.2) is 12.3 Å². The number of hydrogen-bond donors (Lipinski definition) is 1. The van der Waals surface area contributed by atoms with Crippen molar-refractivity contribution in [1.29, 1.82) is 0 Å². The first kappa shape index (κ1) is 15.6. The lowest BCUT2D eigenvalue weighted by Gasteiger charge is -2.24. The van der Waals surface area contributed by atoms with Gasteiger partial charge >= 0.3 is 0 Å². The van der Waals surface area contributed by atoms with Gasteiger partial charge < -0.3 is 5.32 Å². The molecule has 0 aromatic carbocycles. The van der Waals surface area contributed by atoms with Crippen molar-refractivity contribution in [2.24, 2.45) is 5.92 Å². The smallest absolute Gasteiger partial charge is 0.0640 e. The van der Waals surface area contributed by atoms with Gasteiger partial charge in [-0.05, 0) is 51.1 Å². The highest BCUT2D eigenvalue weighted by atomic mass is 15.3. The zero-order chi connectivity index (χ0) is 14.4. The second kappa shape index (κ2) is 7.82. The SMILES string of the molecule is CCCNC(Cc1ccn(C(C)CC)n1)C1CCCC1. The highest BCUT2D eigenvalue weighted by Crippen LogP contribution is 2.29. The lowest BCUT2D eigenvalue weighted by atomic mass is 9.94. The van der Waals surface area contributed by atoms with Crippen molar-refractivity contribution in [1.82, 2.24) is 15.1 Å². The van der Waals surface area contributed by atoms with Crippen molar-refractivity contribution in [3.8, 4) is 0 Å². The van der Waals surface area contributed by atoms with E-state index < -0.39 is 0 Å². The van der Waals surface area contributed by atoms with Gasteiger partial charge in [-0.25, -0.2) is 0 Å². The maximum Gasteiger partial charge on any atom is 0.0640 e. The Kier molecular flexibility index (Phi) is 6.08. The van der Waals surface area contributed by atoms with Crippen LogP contribution in [0.5, 0.6) is 0 Å². The average molecular weight is 277 g/mol. The van der Waals surface area contributed by atoms with Crippen molar-refractivity contribution in [2.75, 3.05) is 6.54 Å². The summed E-state index contributed by atoms with van der Waals surface area (Å²) in [6.45, 7) is 7.83. The molecular weight excluding hydrogens is 246 g/mol. The van der Waals surface area contributed by atoms with Crippen LogP contribution in [0.2, 0.25) is 0 Å². The van der Waals surface area contributed by atoms with Crippen LogP contribution in [0.3, 0.4) is 0 Å². The Morgan fingerprint density at radius 3 is 2.75 bits per heavy atom. The lowest BCUT2D eigenvalue weighted by Crippen LogP contribution is -2.37. The molecule has 1 saturated carbocycles. The van der Waals surface area contributed by atoms with E-state index in [9.17, 15) is 0 Å². The molecule has 0 aliphatic heterocycles. The van der Waals surface area contributed by atoms with Gasteiger partial charge in [-0.1, -0.05) is 26.7 Å². The van der Waals surface area contributed by atoms with Crippen molar-refractivity contribution < 1.29 is 0 Å². The van der Waals surface area contributed by atoms with Gasteiger partial charge in [-0.3, -0.25) is 4.68 Å². The highest BCUT2D eigenvalue weighted by molar-refractivity contribution is 5.03. The molecule has 2 unspecified atom stereocenters. The molecule has 1 aliphatic carbocycles. The van der Waals surface area contributed by atoms with Crippen molar-refractivity contribution in [2.45, 2.75) is 77.8 Å². The third kappa shape index (κ3) is 4.08. The summed E-state index contributed by atoms with van der Waals surface area (Å²) in [6.07, 6.45) is 11.2. The number of nitrogens with zero attached hydrogens (tertiary/aromatic N) is 2. The fourth-order valence-electron chi connectivity index (χ4n) is 3.24. The Hall–Kier alpha value is -0.830. The number of aromatic nitrogens is 2. The molecule has 0 bridgehead atoms. The van der Waals surface area contributed by atoms with Crippen LogP contribution in [0.1, 0.15) is 71.0 Å². The summed E-state index contributed by atoms with van der Waals surface area (Å²) in [5, 5.41) is 8.54. The van der Waals surface area contributed by atoms with E-state index >= 15 is 0 Å². The molecule has 1 heterocycles. The normalized spacial score (nSPS) is 19.4. The van der Waals surface area contributed by atoms with Crippen molar-refractivity contribution in [3.05, 3.63) is 18.0 Å². The van der Waals surface area contributed by atoms with Gasteiger partial charge in [0.1, 0.15) is 0 Å². The van der Waals surface area contributed by atoms with Crippen LogP contribution < -0.4 is 5.32 Å². The Balaban J connectivity index is 1.97. The second-order valence-electron chi connectivity index (χ2n) is 6.35. The first-order chi connectivity index (χ1) is 9.74. The fourth-order valence-corrected chi connectivity index (χ4v) is 3.24. The fraction of sp³-hybridized carbons (Fsp3) is 0.824. The predicted molar refractivity (Wildman–Crippen MR) is 85.0 cm³/mol. The Morgan fingerprint density at radius 2 is 2.10 bits per heavy atom. The second-order valence-corrected chi connectivity index (χ2v) is 6.35. The molecule has 2 rings (SSSR count). The largest absolute Gasteiger partial charge is 0.313 e. The molecule has 1 N–H and O–H groups in total. The van der Waals surface area contributed by atoms with E-state index in [1.54, 1.807) is 0 Å². The van der Waals surface area contributed by atoms with E-state index in [1.807, 2.05) is 0 Å². The van der Waals surface area contributed by atoms with Gasteiger partial charge in [0.05, 0.1) is 5.69 Å². The molecule has 0 saturated heterocycles. The molecule has 20 heavy (non-hydrogen) atoms. The van der Waals surface area contributed by atoms with Gasteiger partial charge in [0.25, 0.3) is 0 Å². The molecule has 2 atom stereocenters. The molecule has 3 heteroatoms. The number of nitrogens with one attached hydrogen (secondary N) is 1. The van der Waals surface area contributed by atoms with Crippen molar-refractivity contribution >= 4 is 0 Å². The van der Waals surface area contributed by atoms with E-state index in [2.05, 4.69) is 43.0 Å². The molecule has 114 valence electrons. The van der Waals surface area contributed by atoms with Crippen LogP contribution in [0.25, 0.3) is 0 Å². The molecule has 3 nitrogen and oxygen atoms in total. The highest BCUT2D eigenvalue weighted by Gasteiger charge is 2.25. The third-order valence-corrected chi connectivity index (χ3v) is 4.76. The number of rotatable bonds is 8. The number of hydrogen-bond acceptors (Lipinski definition) is 2. The average Bonchev–Trinajstić information content (AvgIpc) is 3.13.